The standard InChI is InChI=1S/C16H34O6S2.2K/c17-23(18,19)15-13-11-9-7-5-3-1-2-4-6-8-10-12-14-16-24(20,21)22;;/h1-16H2,(H,17,18,19)(H,20,21,22);;/q;2*+1/p-2. The minimum atomic E-state index is -4.04. The number of unbranched alkanes of at least 4 members (excludes halogenated alkanes) is 13. The van der Waals surface area contributed by atoms with Crippen molar-refractivity contribution in [3.63, 3.8) is 0 Å². The molecule has 0 aromatic rings. The number of hydrogen-bond donors (Lipinski definition) is 0. The first-order valence-corrected chi connectivity index (χ1v) is 12.2. The van der Waals surface area contributed by atoms with Crippen molar-refractivity contribution in [1.29, 1.82) is 0 Å². The van der Waals surface area contributed by atoms with Gasteiger partial charge in [0.15, 0.2) is 0 Å². The second-order valence-corrected chi connectivity index (χ2v) is 9.52. The molecule has 146 valence electrons. The van der Waals surface area contributed by atoms with Gasteiger partial charge in [0.05, 0.1) is 20.2 Å². The molecule has 0 amide bonds. The summed E-state index contributed by atoms with van der Waals surface area (Å²) in [4.78, 5) is 0. The first-order chi connectivity index (χ1) is 11.2. The third-order valence-electron chi connectivity index (χ3n) is 4.04. The molecule has 0 fully saturated rings. The van der Waals surface area contributed by atoms with Crippen LogP contribution in [0.1, 0.15) is 89.9 Å². The van der Waals surface area contributed by atoms with E-state index in [-0.39, 0.29) is 114 Å². The van der Waals surface area contributed by atoms with Crippen LogP contribution in [0, 0.1) is 0 Å². The third kappa shape index (κ3) is 31.8. The molecule has 0 unspecified atom stereocenters. The van der Waals surface area contributed by atoms with E-state index in [4.69, 9.17) is 0 Å². The summed E-state index contributed by atoms with van der Waals surface area (Å²) < 4.78 is 62.5. The molecule has 0 radical (unpaired) electrons. The van der Waals surface area contributed by atoms with Crippen molar-refractivity contribution in [3.8, 4) is 0 Å². The molecule has 6 nitrogen and oxygen atoms in total. The second kappa shape index (κ2) is 21.3. The van der Waals surface area contributed by atoms with Crippen molar-refractivity contribution in [2.24, 2.45) is 0 Å². The van der Waals surface area contributed by atoms with Gasteiger partial charge >= 0.3 is 103 Å². The van der Waals surface area contributed by atoms with Crippen molar-refractivity contribution in [3.05, 3.63) is 0 Å². The largest absolute Gasteiger partial charge is 1.00 e. The summed E-state index contributed by atoms with van der Waals surface area (Å²) in [5.74, 6) is -0.473. The molecule has 0 atom stereocenters. The van der Waals surface area contributed by atoms with E-state index in [1.54, 1.807) is 0 Å². The van der Waals surface area contributed by atoms with Gasteiger partial charge < -0.3 is 9.11 Å². The molecule has 0 heterocycles. The van der Waals surface area contributed by atoms with Gasteiger partial charge in [-0.2, -0.15) is 0 Å². The van der Waals surface area contributed by atoms with Gasteiger partial charge in [-0.3, -0.25) is 0 Å². The summed E-state index contributed by atoms with van der Waals surface area (Å²) in [6.07, 6.45) is 13.9. The van der Waals surface area contributed by atoms with Gasteiger partial charge in [0.2, 0.25) is 0 Å². The number of hydrogen-bond acceptors (Lipinski definition) is 6. The van der Waals surface area contributed by atoms with Crippen molar-refractivity contribution in [1.82, 2.24) is 0 Å². The van der Waals surface area contributed by atoms with Gasteiger partial charge in [-0.15, -0.1) is 0 Å². The average molecular weight is 463 g/mol. The molecule has 0 aromatic carbocycles. The van der Waals surface area contributed by atoms with Crippen LogP contribution in [0.3, 0.4) is 0 Å². The Morgan fingerprint density at radius 3 is 0.692 bits per heavy atom. The molecule has 0 aromatic heterocycles. The molecular weight excluding hydrogens is 431 g/mol. The van der Waals surface area contributed by atoms with Gasteiger partial charge in [0.25, 0.3) is 0 Å². The Kier molecular flexibility index (Phi) is 27.7. The molecule has 26 heavy (non-hydrogen) atoms. The smallest absolute Gasteiger partial charge is 0.748 e. The third-order valence-corrected chi connectivity index (χ3v) is 5.62. The summed E-state index contributed by atoms with van der Waals surface area (Å²) in [5, 5.41) is 0. The Labute approximate surface area is 245 Å². The Bertz CT molecular complexity index is 449. The Hall–Kier alpha value is 3.09. The zero-order valence-corrected chi connectivity index (χ0v) is 24.5. The van der Waals surface area contributed by atoms with Crippen LogP contribution in [0.4, 0.5) is 0 Å². The van der Waals surface area contributed by atoms with Crippen molar-refractivity contribution < 1.29 is 129 Å². The molecule has 0 saturated carbocycles. The van der Waals surface area contributed by atoms with Crippen molar-refractivity contribution in [2.75, 3.05) is 11.5 Å². The molecule has 0 aliphatic carbocycles. The van der Waals surface area contributed by atoms with Crippen LogP contribution >= 0.6 is 0 Å². The van der Waals surface area contributed by atoms with Gasteiger partial charge in [0.1, 0.15) is 0 Å². The molecule has 0 aliphatic heterocycles. The van der Waals surface area contributed by atoms with Gasteiger partial charge in [-0.25, -0.2) is 16.8 Å². The van der Waals surface area contributed by atoms with E-state index >= 15 is 0 Å². The summed E-state index contributed by atoms with van der Waals surface area (Å²) in [5.41, 5.74) is 0. The van der Waals surface area contributed by atoms with Crippen LogP contribution in [0.5, 0.6) is 0 Å². The molecule has 10 heteroatoms. The van der Waals surface area contributed by atoms with Crippen LogP contribution in [0.25, 0.3) is 0 Å². The molecular formula is C16H32K2O6S2. The molecule has 0 spiro atoms. The molecule has 0 aliphatic rings. The number of rotatable bonds is 17. The summed E-state index contributed by atoms with van der Waals surface area (Å²) >= 11 is 0. The minimum absolute atomic E-state index is 0. The summed E-state index contributed by atoms with van der Waals surface area (Å²) in [6.45, 7) is 0. The topological polar surface area (TPSA) is 114 Å². The molecule has 0 N–H and O–H groups in total. The fourth-order valence-corrected chi connectivity index (χ4v) is 3.79. The first-order valence-electron chi connectivity index (χ1n) is 9.08. The second-order valence-electron chi connectivity index (χ2n) is 6.47. The first kappa shape index (κ1) is 33.7. The molecule has 0 bridgehead atoms. The van der Waals surface area contributed by atoms with Gasteiger partial charge in [0, 0.05) is 11.5 Å². The van der Waals surface area contributed by atoms with Gasteiger partial charge in [-0.05, 0) is 12.8 Å². The Balaban J connectivity index is -0.00000264. The van der Waals surface area contributed by atoms with Crippen LogP contribution in [0.2, 0.25) is 0 Å². The minimum Gasteiger partial charge on any atom is -0.748 e. The Morgan fingerprint density at radius 2 is 0.538 bits per heavy atom. The van der Waals surface area contributed by atoms with Crippen molar-refractivity contribution >= 4 is 20.2 Å². The SMILES string of the molecule is O=S(=O)([O-])CCCCCCCCCCCCCCCCS(=O)(=O)[O-].[K+].[K+]. The van der Waals surface area contributed by atoms with E-state index in [0.29, 0.717) is 12.8 Å². The normalized spacial score (nSPS) is 11.6. The maximum atomic E-state index is 10.4. The van der Waals surface area contributed by atoms with E-state index < -0.39 is 20.2 Å². The van der Waals surface area contributed by atoms with Crippen LogP contribution in [-0.4, -0.2) is 37.4 Å². The predicted octanol–water partition coefficient (Wildman–Crippen LogP) is -2.45. The van der Waals surface area contributed by atoms with Crippen LogP contribution in [0.15, 0.2) is 0 Å². The zero-order valence-electron chi connectivity index (χ0n) is 16.6. The predicted molar refractivity (Wildman–Crippen MR) is 93.8 cm³/mol. The van der Waals surface area contributed by atoms with Gasteiger partial charge in [-0.1, -0.05) is 77.0 Å². The molecule has 0 rings (SSSR count). The van der Waals surface area contributed by atoms with E-state index in [9.17, 15) is 25.9 Å². The van der Waals surface area contributed by atoms with E-state index in [1.165, 1.54) is 25.7 Å². The van der Waals surface area contributed by atoms with E-state index in [2.05, 4.69) is 0 Å². The zero-order chi connectivity index (χ0) is 18.3. The monoisotopic (exact) mass is 462 g/mol. The van der Waals surface area contributed by atoms with Crippen LogP contribution < -0.4 is 103 Å². The maximum absolute atomic E-state index is 10.4. The maximum Gasteiger partial charge on any atom is 1.00 e. The summed E-state index contributed by atoms with van der Waals surface area (Å²) in [7, 11) is -8.08. The van der Waals surface area contributed by atoms with E-state index in [0.717, 1.165) is 51.4 Å². The summed E-state index contributed by atoms with van der Waals surface area (Å²) in [6, 6.07) is 0. The van der Waals surface area contributed by atoms with Crippen LogP contribution in [-0.2, 0) is 20.2 Å². The fourth-order valence-electron chi connectivity index (χ4n) is 2.68. The quantitative estimate of drug-likeness (QED) is 0.135. The Morgan fingerprint density at radius 1 is 0.385 bits per heavy atom. The average Bonchev–Trinajstić information content (AvgIpc) is 2.44. The van der Waals surface area contributed by atoms with Crippen molar-refractivity contribution in [2.45, 2.75) is 89.9 Å². The fraction of sp³-hybridized carbons (Fsp3) is 1.00. The van der Waals surface area contributed by atoms with E-state index in [1.807, 2.05) is 0 Å². The molecule has 0 saturated heterocycles.